The number of nitrogens with zero attached hydrogens (tertiary/aromatic N) is 2. The van der Waals surface area contributed by atoms with Crippen LogP contribution < -0.4 is 5.32 Å². The van der Waals surface area contributed by atoms with Crippen molar-refractivity contribution in [3.05, 3.63) is 44.1 Å². The van der Waals surface area contributed by atoms with Gasteiger partial charge >= 0.3 is 0 Å². The summed E-state index contributed by atoms with van der Waals surface area (Å²) in [5.74, 6) is 0.597. The summed E-state index contributed by atoms with van der Waals surface area (Å²) < 4.78 is 1.15. The Morgan fingerprint density at radius 2 is 2.30 bits per heavy atom. The van der Waals surface area contributed by atoms with Gasteiger partial charge in [0.2, 0.25) is 5.91 Å². The van der Waals surface area contributed by atoms with E-state index in [1.807, 2.05) is 0 Å². The van der Waals surface area contributed by atoms with Crippen LogP contribution in [-0.4, -0.2) is 28.9 Å². The molecule has 1 saturated heterocycles. The van der Waals surface area contributed by atoms with Crippen LogP contribution in [0.25, 0.3) is 0 Å². The van der Waals surface area contributed by atoms with Crippen LogP contribution in [0.3, 0.4) is 0 Å². The Hall–Kier alpha value is -0.950. The third-order valence-electron chi connectivity index (χ3n) is 3.86. The summed E-state index contributed by atoms with van der Waals surface area (Å²) in [7, 11) is 0. The molecular formula is C16H17BrClN3OS. The molecule has 2 aromatic rings. The maximum atomic E-state index is 12.4. The van der Waals surface area contributed by atoms with Crippen LogP contribution in [0, 0.1) is 5.92 Å². The molecule has 4 nitrogen and oxygen atoms in total. The maximum absolute atomic E-state index is 12.4. The molecule has 1 amide bonds. The van der Waals surface area contributed by atoms with E-state index < -0.39 is 0 Å². The fourth-order valence-electron chi connectivity index (χ4n) is 2.75. The molecule has 3 heterocycles. The summed E-state index contributed by atoms with van der Waals surface area (Å²) in [6.45, 7) is 2.73. The summed E-state index contributed by atoms with van der Waals surface area (Å²) >= 11 is 11.1. The molecular weight excluding hydrogens is 398 g/mol. The van der Waals surface area contributed by atoms with Crippen molar-refractivity contribution < 1.29 is 4.79 Å². The minimum atomic E-state index is 0.00429. The van der Waals surface area contributed by atoms with E-state index in [2.05, 4.69) is 43.3 Å². The van der Waals surface area contributed by atoms with Gasteiger partial charge in [-0.15, -0.1) is 11.3 Å². The number of amides is 1. The number of anilines is 1. The number of rotatable bonds is 4. The summed E-state index contributed by atoms with van der Waals surface area (Å²) in [5, 5.41) is 3.45. The number of carbonyl (C=O) groups is 1. The molecule has 0 aromatic carbocycles. The van der Waals surface area contributed by atoms with Gasteiger partial charge in [0.05, 0.1) is 14.7 Å². The number of carbonyl (C=O) groups excluding carboxylic acids is 1. The lowest BCUT2D eigenvalue weighted by atomic mass is 9.97. The third-order valence-corrected chi connectivity index (χ3v) is 5.70. The number of likely N-dealkylation sites (tertiary alicyclic amines) is 1. The van der Waals surface area contributed by atoms with Gasteiger partial charge in [-0.3, -0.25) is 9.69 Å². The number of hydrogen-bond acceptors (Lipinski definition) is 4. The Labute approximate surface area is 153 Å². The lowest BCUT2D eigenvalue weighted by molar-refractivity contribution is -0.121. The molecule has 1 aliphatic heterocycles. The minimum absolute atomic E-state index is 0.00429. The molecule has 122 valence electrons. The standard InChI is InChI=1S/C16H17BrClN3OS/c17-14-5-4-13(23-14)10-21-7-1-2-11(9-21)16(22)20-15-6-3-12(18)8-19-15/h3-6,8,11H,1-2,7,9-10H2,(H,19,20,22). The van der Waals surface area contributed by atoms with Gasteiger partial charge in [-0.05, 0) is 59.6 Å². The average Bonchev–Trinajstić information content (AvgIpc) is 2.95. The molecule has 3 rings (SSSR count). The van der Waals surface area contributed by atoms with E-state index in [0.29, 0.717) is 10.8 Å². The largest absolute Gasteiger partial charge is 0.310 e. The smallest absolute Gasteiger partial charge is 0.229 e. The monoisotopic (exact) mass is 413 g/mol. The Balaban J connectivity index is 1.56. The van der Waals surface area contributed by atoms with Gasteiger partial charge in [0.1, 0.15) is 5.82 Å². The normalized spacial score (nSPS) is 18.8. The van der Waals surface area contributed by atoms with Gasteiger partial charge in [0.15, 0.2) is 0 Å². The Morgan fingerprint density at radius 1 is 1.43 bits per heavy atom. The quantitative estimate of drug-likeness (QED) is 0.806. The van der Waals surface area contributed by atoms with E-state index in [9.17, 15) is 4.79 Å². The predicted octanol–water partition coefficient (Wildman–Crippen LogP) is 4.41. The van der Waals surface area contributed by atoms with Crippen molar-refractivity contribution in [3.8, 4) is 0 Å². The van der Waals surface area contributed by atoms with Crippen molar-refractivity contribution in [2.24, 2.45) is 5.92 Å². The summed E-state index contributed by atoms with van der Waals surface area (Å²) in [6, 6.07) is 7.66. The van der Waals surface area contributed by atoms with Crippen molar-refractivity contribution in [1.82, 2.24) is 9.88 Å². The molecule has 0 spiro atoms. The van der Waals surface area contributed by atoms with E-state index >= 15 is 0 Å². The number of pyridine rings is 1. The number of halogens is 2. The molecule has 0 bridgehead atoms. The number of thiophene rings is 1. The summed E-state index contributed by atoms with van der Waals surface area (Å²) in [6.07, 6.45) is 3.50. The first-order chi connectivity index (χ1) is 11.1. The van der Waals surface area contributed by atoms with Crippen LogP contribution in [0.4, 0.5) is 5.82 Å². The van der Waals surface area contributed by atoms with Crippen molar-refractivity contribution in [3.63, 3.8) is 0 Å². The van der Waals surface area contributed by atoms with Crippen molar-refractivity contribution in [2.45, 2.75) is 19.4 Å². The zero-order valence-corrected chi connectivity index (χ0v) is 15.6. The number of aromatic nitrogens is 1. The minimum Gasteiger partial charge on any atom is -0.310 e. The molecule has 1 atom stereocenters. The SMILES string of the molecule is O=C(Nc1ccc(Cl)cn1)C1CCCN(Cc2ccc(Br)s2)C1. The van der Waals surface area contributed by atoms with Gasteiger partial charge in [-0.2, -0.15) is 0 Å². The third kappa shape index (κ3) is 4.76. The second-order valence-electron chi connectivity index (χ2n) is 5.63. The molecule has 23 heavy (non-hydrogen) atoms. The zero-order valence-electron chi connectivity index (χ0n) is 12.5. The van der Waals surface area contributed by atoms with Gasteiger partial charge in [-0.1, -0.05) is 11.6 Å². The van der Waals surface area contributed by atoms with E-state index in [0.717, 1.165) is 36.3 Å². The number of nitrogens with one attached hydrogen (secondary N) is 1. The maximum Gasteiger partial charge on any atom is 0.229 e. The molecule has 1 unspecified atom stereocenters. The first-order valence-corrected chi connectivity index (χ1v) is 9.48. The van der Waals surface area contributed by atoms with Gasteiger partial charge < -0.3 is 5.32 Å². The van der Waals surface area contributed by atoms with Crippen LogP contribution in [0.5, 0.6) is 0 Å². The van der Waals surface area contributed by atoms with Gasteiger partial charge in [0.25, 0.3) is 0 Å². The topological polar surface area (TPSA) is 45.2 Å². The Bertz CT molecular complexity index is 676. The number of hydrogen-bond donors (Lipinski definition) is 1. The second kappa shape index (κ2) is 7.75. The fourth-order valence-corrected chi connectivity index (χ4v) is 4.39. The van der Waals surface area contributed by atoms with Crippen molar-refractivity contribution >= 4 is 50.6 Å². The molecule has 2 aromatic heterocycles. The first-order valence-electron chi connectivity index (χ1n) is 7.49. The van der Waals surface area contributed by atoms with Gasteiger partial charge in [-0.25, -0.2) is 4.98 Å². The summed E-state index contributed by atoms with van der Waals surface area (Å²) in [4.78, 5) is 20.2. The fraction of sp³-hybridized carbons (Fsp3) is 0.375. The Kier molecular flexibility index (Phi) is 5.69. The molecule has 0 radical (unpaired) electrons. The van der Waals surface area contributed by atoms with E-state index in [-0.39, 0.29) is 11.8 Å². The highest BCUT2D eigenvalue weighted by molar-refractivity contribution is 9.11. The zero-order chi connectivity index (χ0) is 16.2. The van der Waals surface area contributed by atoms with Crippen LogP contribution in [-0.2, 0) is 11.3 Å². The number of piperidine rings is 1. The second-order valence-corrected chi connectivity index (χ2v) is 8.61. The first kappa shape index (κ1) is 16.9. The Morgan fingerprint density at radius 3 is 3.00 bits per heavy atom. The molecule has 0 saturated carbocycles. The molecule has 7 heteroatoms. The van der Waals surface area contributed by atoms with E-state index in [1.54, 1.807) is 29.7 Å². The highest BCUT2D eigenvalue weighted by Gasteiger charge is 2.26. The van der Waals surface area contributed by atoms with Crippen molar-refractivity contribution in [1.29, 1.82) is 0 Å². The molecule has 1 N–H and O–H groups in total. The highest BCUT2D eigenvalue weighted by atomic mass is 79.9. The molecule has 0 aliphatic carbocycles. The van der Waals surface area contributed by atoms with Gasteiger partial charge in [0, 0.05) is 24.2 Å². The van der Waals surface area contributed by atoms with Crippen LogP contribution in [0.2, 0.25) is 5.02 Å². The van der Waals surface area contributed by atoms with E-state index in [1.165, 1.54) is 4.88 Å². The summed E-state index contributed by atoms with van der Waals surface area (Å²) in [5.41, 5.74) is 0. The lowest BCUT2D eigenvalue weighted by Gasteiger charge is -2.31. The van der Waals surface area contributed by atoms with Crippen molar-refractivity contribution in [2.75, 3.05) is 18.4 Å². The van der Waals surface area contributed by atoms with E-state index in [4.69, 9.17) is 11.6 Å². The van der Waals surface area contributed by atoms with Crippen LogP contribution in [0.1, 0.15) is 17.7 Å². The highest BCUT2D eigenvalue weighted by Crippen LogP contribution is 2.26. The van der Waals surface area contributed by atoms with Crippen LogP contribution in [0.15, 0.2) is 34.2 Å². The average molecular weight is 415 g/mol. The lowest BCUT2D eigenvalue weighted by Crippen LogP contribution is -2.40. The molecule has 1 aliphatic rings. The van der Waals surface area contributed by atoms with Crippen LogP contribution >= 0.6 is 38.9 Å². The molecule has 1 fully saturated rings. The predicted molar refractivity (Wildman–Crippen MR) is 97.9 cm³/mol.